The molecule has 1 aromatic rings. The van der Waals surface area contributed by atoms with Crippen molar-refractivity contribution in [1.82, 2.24) is 15.5 Å². The molecule has 7 nitrogen and oxygen atoms in total. The molecular weight excluding hydrogens is 349 g/mol. The maximum Gasteiger partial charge on any atom is 0.231 e. The summed E-state index contributed by atoms with van der Waals surface area (Å²) in [5.74, 6) is 0.174. The molecule has 1 aliphatic heterocycles. The molecule has 1 unspecified atom stereocenters. The summed E-state index contributed by atoms with van der Waals surface area (Å²) in [5.41, 5.74) is 6.14. The van der Waals surface area contributed by atoms with Gasteiger partial charge in [0.15, 0.2) is 5.96 Å². The molecule has 1 saturated heterocycles. The Bertz CT molecular complexity index is 615. The third kappa shape index (κ3) is 7.15. The lowest BCUT2D eigenvalue weighted by Gasteiger charge is -2.32. The average molecular weight is 379 g/mol. The number of benzene rings is 1. The van der Waals surface area contributed by atoms with E-state index in [1.807, 2.05) is 6.92 Å². The zero-order valence-electron chi connectivity index (χ0n) is 16.1. The SMILES string of the molecule is CCNC(=NCC(OC)c1ccc(F)cc1)NC1CCN(CC(N)=O)CC1. The molecule has 4 N–H and O–H groups in total. The van der Waals surface area contributed by atoms with E-state index < -0.39 is 0 Å². The molecule has 150 valence electrons. The van der Waals surface area contributed by atoms with Crippen molar-refractivity contribution in [2.75, 3.05) is 39.8 Å². The van der Waals surface area contributed by atoms with Crippen molar-refractivity contribution in [1.29, 1.82) is 0 Å². The third-order valence-corrected chi connectivity index (χ3v) is 4.59. The van der Waals surface area contributed by atoms with Gasteiger partial charge in [-0.15, -0.1) is 0 Å². The maximum atomic E-state index is 13.1. The number of ether oxygens (including phenoxy) is 1. The Morgan fingerprint density at radius 3 is 2.59 bits per heavy atom. The normalized spacial score (nSPS) is 17.5. The van der Waals surface area contributed by atoms with Gasteiger partial charge in [-0.1, -0.05) is 12.1 Å². The minimum Gasteiger partial charge on any atom is -0.375 e. The Morgan fingerprint density at radius 1 is 1.37 bits per heavy atom. The zero-order chi connectivity index (χ0) is 19.6. The highest BCUT2D eigenvalue weighted by atomic mass is 19.1. The van der Waals surface area contributed by atoms with Crippen LogP contribution >= 0.6 is 0 Å². The van der Waals surface area contributed by atoms with E-state index >= 15 is 0 Å². The molecule has 0 aromatic heterocycles. The van der Waals surface area contributed by atoms with E-state index in [-0.39, 0.29) is 17.8 Å². The van der Waals surface area contributed by atoms with Crippen LogP contribution in [0.2, 0.25) is 0 Å². The van der Waals surface area contributed by atoms with Crippen LogP contribution in [0.25, 0.3) is 0 Å². The number of aliphatic imine (C=N–C) groups is 1. The largest absolute Gasteiger partial charge is 0.375 e. The van der Waals surface area contributed by atoms with E-state index in [9.17, 15) is 9.18 Å². The lowest BCUT2D eigenvalue weighted by Crippen LogP contribution is -2.49. The van der Waals surface area contributed by atoms with Crippen LogP contribution in [0.3, 0.4) is 0 Å². The summed E-state index contributed by atoms with van der Waals surface area (Å²) in [7, 11) is 1.62. The van der Waals surface area contributed by atoms with Crippen molar-refractivity contribution in [2.24, 2.45) is 10.7 Å². The van der Waals surface area contributed by atoms with E-state index in [1.165, 1.54) is 12.1 Å². The van der Waals surface area contributed by atoms with Crippen LogP contribution in [0, 0.1) is 5.82 Å². The molecule has 1 aromatic carbocycles. The molecule has 0 saturated carbocycles. The van der Waals surface area contributed by atoms with Gasteiger partial charge in [-0.3, -0.25) is 14.7 Å². The summed E-state index contributed by atoms with van der Waals surface area (Å²) in [6.07, 6.45) is 1.60. The predicted octanol–water partition coefficient (Wildman–Crippen LogP) is 1.02. The van der Waals surface area contributed by atoms with Crippen LogP contribution in [0.1, 0.15) is 31.4 Å². The number of nitrogens with zero attached hydrogens (tertiary/aromatic N) is 2. The number of guanidine groups is 1. The number of carbonyl (C=O) groups excluding carboxylic acids is 1. The fourth-order valence-electron chi connectivity index (χ4n) is 3.14. The quantitative estimate of drug-likeness (QED) is 0.463. The van der Waals surface area contributed by atoms with Gasteiger partial charge in [0, 0.05) is 32.8 Å². The molecule has 2 rings (SSSR count). The Balaban J connectivity index is 1.91. The van der Waals surface area contributed by atoms with Crippen molar-refractivity contribution in [3.63, 3.8) is 0 Å². The van der Waals surface area contributed by atoms with Crippen molar-refractivity contribution in [2.45, 2.75) is 31.9 Å². The first kappa shape index (κ1) is 21.1. The van der Waals surface area contributed by atoms with E-state index in [4.69, 9.17) is 10.5 Å². The molecule has 0 spiro atoms. The molecule has 1 amide bonds. The van der Waals surface area contributed by atoms with E-state index in [1.54, 1.807) is 19.2 Å². The second kappa shape index (κ2) is 10.8. The molecule has 8 heteroatoms. The standard InChI is InChI=1S/C19H30FN5O2/c1-3-22-19(24-16-8-10-25(11-9-16)13-18(21)26)23-12-17(27-2)14-4-6-15(20)7-5-14/h4-7,16-17H,3,8-13H2,1-2H3,(H2,21,26)(H2,22,23,24). The van der Waals surface area contributed by atoms with E-state index in [0.717, 1.165) is 44.0 Å². The van der Waals surface area contributed by atoms with Gasteiger partial charge in [0.2, 0.25) is 5.91 Å². The van der Waals surface area contributed by atoms with Crippen LogP contribution in [0.5, 0.6) is 0 Å². The highest BCUT2D eigenvalue weighted by Gasteiger charge is 2.21. The van der Waals surface area contributed by atoms with Gasteiger partial charge in [-0.25, -0.2) is 4.39 Å². The number of rotatable bonds is 8. The number of primary amides is 1. The second-order valence-corrected chi connectivity index (χ2v) is 6.66. The number of halogens is 1. The Morgan fingerprint density at radius 2 is 2.04 bits per heavy atom. The van der Waals surface area contributed by atoms with Gasteiger partial charge >= 0.3 is 0 Å². The fourth-order valence-corrected chi connectivity index (χ4v) is 3.14. The van der Waals surface area contributed by atoms with Gasteiger partial charge in [0.25, 0.3) is 0 Å². The lowest BCUT2D eigenvalue weighted by atomic mass is 10.1. The van der Waals surface area contributed by atoms with Crippen molar-refractivity contribution in [3.05, 3.63) is 35.6 Å². The number of methoxy groups -OCH3 is 1. The highest BCUT2D eigenvalue weighted by Crippen LogP contribution is 2.17. The van der Waals surface area contributed by atoms with Crippen LogP contribution in [-0.2, 0) is 9.53 Å². The highest BCUT2D eigenvalue weighted by molar-refractivity contribution is 5.80. The molecule has 1 heterocycles. The number of hydrogen-bond acceptors (Lipinski definition) is 4. The molecule has 1 atom stereocenters. The average Bonchev–Trinajstić information content (AvgIpc) is 2.65. The maximum absolute atomic E-state index is 13.1. The summed E-state index contributed by atoms with van der Waals surface area (Å²) in [5, 5.41) is 6.70. The first-order valence-corrected chi connectivity index (χ1v) is 9.35. The van der Waals surface area contributed by atoms with Gasteiger partial charge < -0.3 is 21.1 Å². The second-order valence-electron chi connectivity index (χ2n) is 6.66. The monoisotopic (exact) mass is 379 g/mol. The number of hydrogen-bond donors (Lipinski definition) is 3. The van der Waals surface area contributed by atoms with E-state index in [0.29, 0.717) is 19.1 Å². The van der Waals surface area contributed by atoms with Gasteiger partial charge in [-0.05, 0) is 37.5 Å². The summed E-state index contributed by atoms with van der Waals surface area (Å²) < 4.78 is 18.6. The number of piperidine rings is 1. The number of nitrogens with two attached hydrogens (primary N) is 1. The molecule has 0 aliphatic carbocycles. The van der Waals surface area contributed by atoms with Crippen molar-refractivity contribution < 1.29 is 13.9 Å². The molecule has 1 fully saturated rings. The van der Waals surface area contributed by atoms with E-state index in [2.05, 4.69) is 20.5 Å². The number of nitrogens with one attached hydrogen (secondary N) is 2. The minimum atomic E-state index is -0.289. The Labute approximate surface area is 160 Å². The Hall–Kier alpha value is -2.19. The number of likely N-dealkylation sites (tertiary alicyclic amines) is 1. The third-order valence-electron chi connectivity index (χ3n) is 4.59. The van der Waals surface area contributed by atoms with Crippen LogP contribution in [0.15, 0.2) is 29.3 Å². The summed E-state index contributed by atoms with van der Waals surface area (Å²) in [6.45, 7) is 5.17. The van der Waals surface area contributed by atoms with Crippen LogP contribution in [0.4, 0.5) is 4.39 Å². The Kier molecular flexibility index (Phi) is 8.47. The molecule has 0 radical (unpaired) electrons. The van der Waals surface area contributed by atoms with Gasteiger partial charge in [0.1, 0.15) is 11.9 Å². The van der Waals surface area contributed by atoms with Gasteiger partial charge in [-0.2, -0.15) is 0 Å². The first-order valence-electron chi connectivity index (χ1n) is 9.35. The van der Waals surface area contributed by atoms with Gasteiger partial charge in [0.05, 0.1) is 13.1 Å². The fraction of sp³-hybridized carbons (Fsp3) is 0.579. The number of amides is 1. The van der Waals surface area contributed by atoms with Crippen molar-refractivity contribution >= 4 is 11.9 Å². The number of carbonyl (C=O) groups is 1. The smallest absolute Gasteiger partial charge is 0.231 e. The predicted molar refractivity (Wildman–Crippen MR) is 104 cm³/mol. The minimum absolute atomic E-state index is 0.238. The lowest BCUT2D eigenvalue weighted by molar-refractivity contribution is -0.119. The first-order chi connectivity index (χ1) is 13.0. The molecular formula is C19H30FN5O2. The summed E-state index contributed by atoms with van der Waals surface area (Å²) in [6, 6.07) is 6.57. The van der Waals surface area contributed by atoms with Crippen LogP contribution < -0.4 is 16.4 Å². The van der Waals surface area contributed by atoms with Crippen molar-refractivity contribution in [3.8, 4) is 0 Å². The zero-order valence-corrected chi connectivity index (χ0v) is 16.1. The molecule has 27 heavy (non-hydrogen) atoms. The summed E-state index contributed by atoms with van der Waals surface area (Å²) >= 11 is 0. The van der Waals surface area contributed by atoms with Crippen LogP contribution in [-0.4, -0.2) is 62.6 Å². The summed E-state index contributed by atoms with van der Waals surface area (Å²) in [4.78, 5) is 17.7. The molecule has 0 bridgehead atoms. The topological polar surface area (TPSA) is 92.0 Å². The molecule has 1 aliphatic rings.